The van der Waals surface area contributed by atoms with E-state index >= 15 is 0 Å². The van der Waals surface area contributed by atoms with Gasteiger partial charge in [0, 0.05) is 81.5 Å². The third-order valence-electron chi connectivity index (χ3n) is 16.7. The molecular weight excluding hydrogens is 976 g/mol. The normalized spacial score (nSPS) is 13.8. The van der Waals surface area contributed by atoms with Crippen LogP contribution in [-0.4, -0.2) is 13.4 Å². The van der Waals surface area contributed by atoms with Gasteiger partial charge in [-0.2, -0.15) is 0 Å². The van der Waals surface area contributed by atoms with E-state index in [-0.39, 0.29) is 29.7 Å². The van der Waals surface area contributed by atoms with E-state index in [2.05, 4.69) is 295 Å². The monoisotopic (exact) mass is 1040 g/mol. The molecule has 0 aromatic heterocycles. The summed E-state index contributed by atoms with van der Waals surface area (Å²) in [5, 5.41) is 0. The quantitative estimate of drug-likeness (QED) is 0.148. The van der Waals surface area contributed by atoms with Crippen molar-refractivity contribution < 1.29 is 14.2 Å². The van der Waals surface area contributed by atoms with Gasteiger partial charge >= 0.3 is 0 Å². The second-order valence-corrected chi connectivity index (χ2v) is 25.0. The number of hydrogen-bond donors (Lipinski definition) is 0. The Morgan fingerprint density at radius 3 is 1.16 bits per heavy atom. The van der Waals surface area contributed by atoms with Crippen molar-refractivity contribution in [3.8, 4) is 34.5 Å². The molecule has 0 bridgehead atoms. The van der Waals surface area contributed by atoms with Crippen LogP contribution in [0.25, 0.3) is 0 Å². The molecule has 0 saturated heterocycles. The lowest BCUT2D eigenvalue weighted by Crippen LogP contribution is -2.64. The molecule has 10 aromatic carbocycles. The minimum absolute atomic E-state index is 0.00861. The second kappa shape index (κ2) is 18.4. The van der Waals surface area contributed by atoms with Crippen LogP contribution in [0.4, 0.5) is 51.2 Å². The second-order valence-electron chi connectivity index (χ2n) is 25.0. The molecule has 0 spiro atoms. The molecule has 0 atom stereocenters. The number of rotatable bonds is 7. The number of fused-ring (bicyclic) bond motifs is 8. The summed E-state index contributed by atoms with van der Waals surface area (Å²) in [6, 6.07) is 79.2. The largest absolute Gasteiger partial charge is 0.458 e. The summed E-state index contributed by atoms with van der Waals surface area (Å²) in [7, 11) is 0. The van der Waals surface area contributed by atoms with Gasteiger partial charge in [-0.05, 0) is 139 Å². The molecule has 0 fully saturated rings. The average Bonchev–Trinajstić information content (AvgIpc) is 2.78. The molecule has 4 aliphatic heterocycles. The molecule has 0 N–H and O–H groups in total. The van der Waals surface area contributed by atoms with Gasteiger partial charge in [0.05, 0.1) is 0 Å². The lowest BCUT2D eigenvalue weighted by molar-refractivity contribution is 0.462. The van der Waals surface area contributed by atoms with Crippen molar-refractivity contribution in [1.82, 2.24) is 0 Å². The van der Waals surface area contributed by atoms with Gasteiger partial charge in [-0.15, -0.1) is 0 Å². The Hall–Kier alpha value is -8.87. The van der Waals surface area contributed by atoms with Crippen molar-refractivity contribution in [2.45, 2.75) is 78.6 Å². The van der Waals surface area contributed by atoms with E-state index in [4.69, 9.17) is 14.2 Å². The Morgan fingerprint density at radius 2 is 0.688 bits per heavy atom. The summed E-state index contributed by atoms with van der Waals surface area (Å²) in [4.78, 5) is 7.28. The maximum absolute atomic E-state index is 7.49. The maximum atomic E-state index is 7.49. The van der Waals surface area contributed by atoms with E-state index < -0.39 is 0 Å². The molecule has 0 unspecified atom stereocenters. The molecule has 80 heavy (non-hydrogen) atoms. The predicted molar refractivity (Wildman–Crippen MR) is 335 cm³/mol. The van der Waals surface area contributed by atoms with Crippen molar-refractivity contribution in [3.05, 3.63) is 235 Å². The molecule has 0 saturated carbocycles. The van der Waals surface area contributed by atoms with Crippen LogP contribution in [0.3, 0.4) is 0 Å². The molecule has 0 radical (unpaired) electrons. The van der Waals surface area contributed by atoms with Gasteiger partial charge in [0.2, 0.25) is 0 Å². The molecule has 4 aliphatic rings. The summed E-state index contributed by atoms with van der Waals surface area (Å²) in [6.45, 7) is 20.0. The highest BCUT2D eigenvalue weighted by atomic mass is 16.5. The number of para-hydroxylation sites is 4. The van der Waals surface area contributed by atoms with Crippen LogP contribution in [0.2, 0.25) is 0 Å². The SMILES string of the molecule is CC(C)(C)c1ccc(Oc2cc3c4c(c2)N(c2ccccc2)c2ccccc2B4c2cc4c(cc2O3)N(c2ccc(C(C)(C)C)cc2)c2cc(Oc3ccc(C(C)(C)C)cc3)cc3c2B4c2ccccc2N3c2ccccc2)cc1. The lowest BCUT2D eigenvalue weighted by atomic mass is 9.30. The third-order valence-corrected chi connectivity index (χ3v) is 16.7. The van der Waals surface area contributed by atoms with Gasteiger partial charge in [-0.3, -0.25) is 0 Å². The van der Waals surface area contributed by atoms with Crippen LogP contribution in [-0.2, 0) is 16.2 Å². The summed E-state index contributed by atoms with van der Waals surface area (Å²) >= 11 is 0. The van der Waals surface area contributed by atoms with Gasteiger partial charge in [-0.25, -0.2) is 0 Å². The Kier molecular flexibility index (Phi) is 11.3. The van der Waals surface area contributed by atoms with E-state index in [1.165, 1.54) is 38.5 Å². The third kappa shape index (κ3) is 8.26. The Labute approximate surface area is 472 Å². The fraction of sp³-hybridized carbons (Fsp3) is 0.167. The van der Waals surface area contributed by atoms with E-state index in [9.17, 15) is 0 Å². The van der Waals surface area contributed by atoms with Crippen LogP contribution in [0.5, 0.6) is 34.5 Å². The van der Waals surface area contributed by atoms with Crippen LogP contribution < -0.4 is 61.7 Å². The Balaban J connectivity index is 1.01. The molecule has 8 heteroatoms. The standard InChI is InChI=1S/C72H63B2N3O3/c1-70(2,3)46-28-34-51(35-29-46)77-62-45-66-59(74-57-25-17-19-27-61(57)76(50-22-14-11-15-23-50)65-42-55(43-67(80-66)69(65)74)79-53-38-32-48(33-39-53)72(7,8)9)44-58(62)73-56-24-16-18-26-60(56)75(49-20-12-10-13-21-49)63-40-54(41-64(77)68(63)73)78-52-36-30-47(31-37-52)71(4,5)6/h10-45H,1-9H3. The van der Waals surface area contributed by atoms with Crippen LogP contribution in [0, 0.1) is 0 Å². The molecular formula is C72H63B2N3O3. The maximum Gasteiger partial charge on any atom is 0.256 e. The van der Waals surface area contributed by atoms with E-state index in [1.807, 2.05) is 0 Å². The first kappa shape index (κ1) is 49.4. The highest BCUT2D eigenvalue weighted by Crippen LogP contribution is 2.49. The molecule has 390 valence electrons. The van der Waals surface area contributed by atoms with Gasteiger partial charge in [0.25, 0.3) is 13.4 Å². The van der Waals surface area contributed by atoms with Crippen molar-refractivity contribution in [2.24, 2.45) is 0 Å². The van der Waals surface area contributed by atoms with Crippen LogP contribution >= 0.6 is 0 Å². The average molecular weight is 1040 g/mol. The first-order valence-electron chi connectivity index (χ1n) is 28.1. The highest BCUT2D eigenvalue weighted by molar-refractivity contribution is 7.02. The molecule has 4 heterocycles. The highest BCUT2D eigenvalue weighted by Gasteiger charge is 2.48. The fourth-order valence-corrected chi connectivity index (χ4v) is 12.6. The van der Waals surface area contributed by atoms with Gasteiger partial charge in [0.15, 0.2) is 0 Å². The zero-order valence-corrected chi connectivity index (χ0v) is 47.0. The van der Waals surface area contributed by atoms with Gasteiger partial charge < -0.3 is 28.9 Å². The first-order valence-corrected chi connectivity index (χ1v) is 28.1. The van der Waals surface area contributed by atoms with Gasteiger partial charge in [0.1, 0.15) is 34.5 Å². The summed E-state index contributed by atoms with van der Waals surface area (Å²) in [5.74, 6) is 4.58. The molecule has 10 aromatic rings. The zero-order valence-electron chi connectivity index (χ0n) is 47.0. The van der Waals surface area contributed by atoms with Gasteiger partial charge in [-0.1, -0.05) is 178 Å². The first-order chi connectivity index (χ1) is 38.5. The summed E-state index contributed by atoms with van der Waals surface area (Å²) < 4.78 is 21.4. The summed E-state index contributed by atoms with van der Waals surface area (Å²) in [5.41, 5.74) is 20.5. The lowest BCUT2D eigenvalue weighted by Gasteiger charge is -2.45. The van der Waals surface area contributed by atoms with Crippen molar-refractivity contribution in [3.63, 3.8) is 0 Å². The Bertz CT molecular complexity index is 4050. The minimum atomic E-state index is -0.161. The topological polar surface area (TPSA) is 37.4 Å². The number of ether oxygens (including phenoxy) is 3. The van der Waals surface area contributed by atoms with Crippen LogP contribution in [0.1, 0.15) is 79.0 Å². The number of nitrogens with zero attached hydrogens (tertiary/aromatic N) is 3. The fourth-order valence-electron chi connectivity index (χ4n) is 12.6. The molecule has 0 aliphatic carbocycles. The van der Waals surface area contributed by atoms with E-state index in [1.54, 1.807) is 0 Å². The number of benzene rings is 10. The number of anilines is 9. The molecule has 6 nitrogen and oxygen atoms in total. The van der Waals surface area contributed by atoms with Crippen molar-refractivity contribution >= 4 is 97.4 Å². The van der Waals surface area contributed by atoms with Crippen LogP contribution in [0.15, 0.2) is 218 Å². The summed E-state index contributed by atoms with van der Waals surface area (Å²) in [6.07, 6.45) is 0. The molecule has 14 rings (SSSR count). The Morgan fingerprint density at radius 1 is 0.300 bits per heavy atom. The van der Waals surface area contributed by atoms with E-state index in [0.717, 1.165) is 90.9 Å². The number of hydrogen-bond acceptors (Lipinski definition) is 6. The molecule has 0 amide bonds. The minimum Gasteiger partial charge on any atom is -0.458 e. The zero-order chi connectivity index (χ0) is 54.8. The van der Waals surface area contributed by atoms with Crippen molar-refractivity contribution in [1.29, 1.82) is 0 Å². The predicted octanol–water partition coefficient (Wildman–Crippen LogP) is 15.7. The van der Waals surface area contributed by atoms with Crippen molar-refractivity contribution in [2.75, 3.05) is 14.7 Å². The van der Waals surface area contributed by atoms with E-state index in [0.29, 0.717) is 5.75 Å². The smallest absolute Gasteiger partial charge is 0.256 e.